The topological polar surface area (TPSA) is 43.7 Å². The van der Waals surface area contributed by atoms with Crippen LogP contribution in [0, 0.1) is 11.8 Å². The third-order valence-electron chi connectivity index (χ3n) is 4.35. The maximum Gasteiger partial charge on any atom is 0.488 e. The minimum absolute atomic E-state index is 0.572. The van der Waals surface area contributed by atoms with Crippen molar-refractivity contribution in [3.63, 3.8) is 0 Å². The van der Waals surface area contributed by atoms with E-state index < -0.39 is 7.12 Å². The van der Waals surface area contributed by atoms with Gasteiger partial charge in [0.1, 0.15) is 0 Å². The Morgan fingerprint density at radius 2 is 2.00 bits per heavy atom. The summed E-state index contributed by atoms with van der Waals surface area (Å²) < 4.78 is 0. The van der Waals surface area contributed by atoms with Crippen molar-refractivity contribution in [2.75, 3.05) is 6.54 Å². The van der Waals surface area contributed by atoms with Gasteiger partial charge in [-0.1, -0.05) is 38.1 Å². The lowest BCUT2D eigenvalue weighted by molar-refractivity contribution is 0.0730. The molecule has 19 heavy (non-hydrogen) atoms. The van der Waals surface area contributed by atoms with Crippen molar-refractivity contribution in [2.24, 2.45) is 11.8 Å². The first kappa shape index (κ1) is 14.6. The van der Waals surface area contributed by atoms with Gasteiger partial charge in [0.05, 0.1) is 0 Å². The van der Waals surface area contributed by atoms with E-state index in [0.717, 1.165) is 30.5 Å². The molecule has 0 saturated carbocycles. The van der Waals surface area contributed by atoms with Crippen LogP contribution in [0.3, 0.4) is 0 Å². The van der Waals surface area contributed by atoms with Crippen LogP contribution in [0.4, 0.5) is 0 Å². The molecule has 1 heterocycles. The van der Waals surface area contributed by atoms with Crippen molar-refractivity contribution in [2.45, 2.75) is 39.8 Å². The number of piperidine rings is 1. The highest BCUT2D eigenvalue weighted by atomic mass is 16.4. The lowest BCUT2D eigenvalue weighted by Gasteiger charge is -2.41. The number of likely N-dealkylation sites (tertiary alicyclic amines) is 1. The summed E-state index contributed by atoms with van der Waals surface area (Å²) in [6.45, 7) is 8.93. The van der Waals surface area contributed by atoms with Crippen LogP contribution in [-0.4, -0.2) is 34.7 Å². The van der Waals surface area contributed by atoms with E-state index in [9.17, 15) is 10.0 Å². The van der Waals surface area contributed by atoms with Gasteiger partial charge in [-0.05, 0) is 36.2 Å². The van der Waals surface area contributed by atoms with E-state index in [0.29, 0.717) is 11.5 Å². The SMILES string of the molecule is CC1CC(C)C(C)N(Cc2cccc(B(O)O)c2)C1. The highest BCUT2D eigenvalue weighted by Crippen LogP contribution is 2.27. The summed E-state index contributed by atoms with van der Waals surface area (Å²) >= 11 is 0. The first-order chi connectivity index (χ1) is 8.97. The number of rotatable bonds is 3. The molecule has 3 atom stereocenters. The Morgan fingerprint density at radius 1 is 1.26 bits per heavy atom. The minimum Gasteiger partial charge on any atom is -0.423 e. The Balaban J connectivity index is 2.09. The van der Waals surface area contributed by atoms with E-state index in [2.05, 4.69) is 31.7 Å². The van der Waals surface area contributed by atoms with Gasteiger partial charge in [0.2, 0.25) is 0 Å². The Morgan fingerprint density at radius 3 is 2.68 bits per heavy atom. The van der Waals surface area contributed by atoms with Gasteiger partial charge in [-0.2, -0.15) is 0 Å². The Bertz CT molecular complexity index is 424. The average molecular weight is 261 g/mol. The number of nitrogens with zero attached hydrogens (tertiary/aromatic N) is 1. The van der Waals surface area contributed by atoms with E-state index >= 15 is 0 Å². The molecule has 4 heteroatoms. The molecule has 0 radical (unpaired) electrons. The van der Waals surface area contributed by atoms with Crippen molar-refractivity contribution >= 4 is 12.6 Å². The van der Waals surface area contributed by atoms with Crippen LogP contribution in [0.5, 0.6) is 0 Å². The second-order valence-corrected chi connectivity index (χ2v) is 6.11. The lowest BCUT2D eigenvalue weighted by Crippen LogP contribution is -2.45. The van der Waals surface area contributed by atoms with Gasteiger partial charge in [-0.3, -0.25) is 4.90 Å². The molecule has 2 rings (SSSR count). The quantitative estimate of drug-likeness (QED) is 0.804. The van der Waals surface area contributed by atoms with Gasteiger partial charge in [0.25, 0.3) is 0 Å². The summed E-state index contributed by atoms with van der Waals surface area (Å²) in [5.74, 6) is 1.45. The predicted octanol–water partition coefficient (Wildman–Crippen LogP) is 1.23. The molecule has 3 unspecified atom stereocenters. The van der Waals surface area contributed by atoms with E-state index in [4.69, 9.17) is 0 Å². The van der Waals surface area contributed by atoms with Crippen molar-refractivity contribution in [1.29, 1.82) is 0 Å². The molecule has 0 amide bonds. The van der Waals surface area contributed by atoms with Crippen molar-refractivity contribution in [3.05, 3.63) is 29.8 Å². The molecule has 3 nitrogen and oxygen atoms in total. The molecule has 0 bridgehead atoms. The summed E-state index contributed by atoms with van der Waals surface area (Å²) in [6.07, 6.45) is 1.30. The molecule has 1 saturated heterocycles. The number of hydrogen-bond acceptors (Lipinski definition) is 3. The van der Waals surface area contributed by atoms with Gasteiger partial charge in [0, 0.05) is 19.1 Å². The fraction of sp³-hybridized carbons (Fsp3) is 0.600. The first-order valence-electron chi connectivity index (χ1n) is 7.16. The van der Waals surface area contributed by atoms with Crippen LogP contribution >= 0.6 is 0 Å². The van der Waals surface area contributed by atoms with Crippen LogP contribution in [0.25, 0.3) is 0 Å². The molecular formula is C15H24BNO2. The van der Waals surface area contributed by atoms with Gasteiger partial charge >= 0.3 is 7.12 Å². The van der Waals surface area contributed by atoms with Gasteiger partial charge < -0.3 is 10.0 Å². The van der Waals surface area contributed by atoms with Crippen molar-refractivity contribution in [1.82, 2.24) is 4.90 Å². The van der Waals surface area contributed by atoms with E-state index in [1.807, 2.05) is 12.1 Å². The molecule has 104 valence electrons. The molecule has 0 aromatic heterocycles. The summed E-state index contributed by atoms with van der Waals surface area (Å²) in [5, 5.41) is 18.5. The third kappa shape index (κ3) is 3.59. The van der Waals surface area contributed by atoms with Crippen LogP contribution < -0.4 is 5.46 Å². The summed E-state index contributed by atoms with van der Waals surface area (Å²) in [7, 11) is -1.38. The maximum absolute atomic E-state index is 9.23. The summed E-state index contributed by atoms with van der Waals surface area (Å²) in [4.78, 5) is 2.50. The molecule has 1 aromatic carbocycles. The predicted molar refractivity (Wildman–Crippen MR) is 79.1 cm³/mol. The largest absolute Gasteiger partial charge is 0.488 e. The number of benzene rings is 1. The zero-order chi connectivity index (χ0) is 14.0. The fourth-order valence-electron chi connectivity index (χ4n) is 3.13. The molecule has 1 aliphatic rings. The average Bonchev–Trinajstić information content (AvgIpc) is 2.35. The zero-order valence-electron chi connectivity index (χ0n) is 12.1. The molecule has 1 fully saturated rings. The monoisotopic (exact) mass is 261 g/mol. The van der Waals surface area contributed by atoms with E-state index in [-0.39, 0.29) is 0 Å². The van der Waals surface area contributed by atoms with E-state index in [1.54, 1.807) is 6.07 Å². The number of hydrogen-bond donors (Lipinski definition) is 2. The van der Waals surface area contributed by atoms with E-state index in [1.165, 1.54) is 6.42 Å². The smallest absolute Gasteiger partial charge is 0.423 e. The highest BCUT2D eigenvalue weighted by molar-refractivity contribution is 6.58. The Hall–Kier alpha value is -0.835. The molecular weight excluding hydrogens is 237 g/mol. The Labute approximate surface area is 116 Å². The molecule has 2 N–H and O–H groups in total. The van der Waals surface area contributed by atoms with Gasteiger partial charge in [-0.25, -0.2) is 0 Å². The van der Waals surface area contributed by atoms with Gasteiger partial charge in [0.15, 0.2) is 0 Å². The van der Waals surface area contributed by atoms with Gasteiger partial charge in [-0.15, -0.1) is 0 Å². The first-order valence-corrected chi connectivity index (χ1v) is 7.16. The minimum atomic E-state index is -1.38. The fourth-order valence-corrected chi connectivity index (χ4v) is 3.13. The Kier molecular flexibility index (Phi) is 4.66. The normalized spacial score (nSPS) is 28.4. The highest BCUT2D eigenvalue weighted by Gasteiger charge is 2.28. The maximum atomic E-state index is 9.23. The van der Waals surface area contributed by atoms with Crippen molar-refractivity contribution < 1.29 is 10.0 Å². The molecule has 1 aromatic rings. The standard InChI is InChI=1S/C15H24BNO2/c1-11-7-12(2)13(3)17(9-11)10-14-5-4-6-15(8-14)16(18)19/h4-6,8,11-13,18-19H,7,9-10H2,1-3H3. The van der Waals surface area contributed by atoms with Crippen LogP contribution in [0.15, 0.2) is 24.3 Å². The third-order valence-corrected chi connectivity index (χ3v) is 4.35. The van der Waals surface area contributed by atoms with Crippen LogP contribution in [0.2, 0.25) is 0 Å². The molecule has 0 spiro atoms. The molecule has 0 aliphatic carbocycles. The summed E-state index contributed by atoms with van der Waals surface area (Å²) in [6, 6.07) is 8.17. The lowest BCUT2D eigenvalue weighted by atomic mass is 9.79. The molecule has 1 aliphatic heterocycles. The van der Waals surface area contributed by atoms with Crippen molar-refractivity contribution in [3.8, 4) is 0 Å². The zero-order valence-corrected chi connectivity index (χ0v) is 12.1. The van der Waals surface area contributed by atoms with Crippen LogP contribution in [0.1, 0.15) is 32.8 Å². The summed E-state index contributed by atoms with van der Waals surface area (Å²) in [5.41, 5.74) is 1.72. The second kappa shape index (κ2) is 6.08. The van der Waals surface area contributed by atoms with Crippen LogP contribution in [-0.2, 0) is 6.54 Å². The second-order valence-electron chi connectivity index (χ2n) is 6.11.